The summed E-state index contributed by atoms with van der Waals surface area (Å²) in [5, 5.41) is 7.00. The maximum Gasteiger partial charge on any atom is 0.164 e. The van der Waals surface area contributed by atoms with E-state index in [1.807, 2.05) is 70.2 Å². The molecule has 0 saturated carbocycles. The smallest absolute Gasteiger partial charge is 0.164 e. The zero-order valence-electron chi connectivity index (χ0n) is 19.8. The zero-order valence-corrected chi connectivity index (χ0v) is 19.8. The standard InChI is InChI=1S/C21H22O3.2C2H6.CH4O/c1-4-21(15(2)22,16(3)23)14-20(24)19-12-10-18(11-13-19)17-8-6-5-7-9-17;3*1-2/h5-13H,4,14H2,1-3H3;2*1-2H3;2H,1H3. The lowest BCUT2D eigenvalue weighted by Crippen LogP contribution is -2.38. The molecule has 166 valence electrons. The van der Waals surface area contributed by atoms with Crippen molar-refractivity contribution >= 4 is 17.3 Å². The Morgan fingerprint density at radius 1 is 0.733 bits per heavy atom. The quantitative estimate of drug-likeness (QED) is 0.435. The van der Waals surface area contributed by atoms with E-state index in [9.17, 15) is 14.4 Å². The van der Waals surface area contributed by atoms with Gasteiger partial charge in [0.15, 0.2) is 5.78 Å². The van der Waals surface area contributed by atoms with Gasteiger partial charge in [0.2, 0.25) is 0 Å². The molecule has 0 unspecified atom stereocenters. The molecule has 0 spiro atoms. The molecule has 0 radical (unpaired) electrons. The summed E-state index contributed by atoms with van der Waals surface area (Å²) in [6, 6.07) is 17.2. The second kappa shape index (κ2) is 16.2. The van der Waals surface area contributed by atoms with Crippen LogP contribution in [-0.4, -0.2) is 29.6 Å². The van der Waals surface area contributed by atoms with E-state index in [1.165, 1.54) is 13.8 Å². The molecular weight excluding hydrogens is 376 g/mol. The van der Waals surface area contributed by atoms with Gasteiger partial charge in [-0.3, -0.25) is 14.4 Å². The van der Waals surface area contributed by atoms with Gasteiger partial charge in [-0.25, -0.2) is 0 Å². The molecule has 0 aromatic heterocycles. The number of Topliss-reactive ketones (excluding diaryl/α,β-unsaturated/α-hetero) is 3. The highest BCUT2D eigenvalue weighted by atomic mass is 16.2. The van der Waals surface area contributed by atoms with Crippen molar-refractivity contribution in [3.05, 3.63) is 60.2 Å². The van der Waals surface area contributed by atoms with Crippen LogP contribution < -0.4 is 0 Å². The van der Waals surface area contributed by atoms with Gasteiger partial charge in [-0.2, -0.15) is 0 Å². The van der Waals surface area contributed by atoms with Crippen molar-refractivity contribution in [2.75, 3.05) is 7.11 Å². The fourth-order valence-corrected chi connectivity index (χ4v) is 2.98. The van der Waals surface area contributed by atoms with Gasteiger partial charge in [0.05, 0.1) is 5.41 Å². The van der Waals surface area contributed by atoms with E-state index < -0.39 is 5.41 Å². The molecule has 0 saturated heterocycles. The van der Waals surface area contributed by atoms with Gasteiger partial charge in [0.25, 0.3) is 0 Å². The van der Waals surface area contributed by atoms with Gasteiger partial charge >= 0.3 is 0 Å². The molecule has 0 fully saturated rings. The molecule has 2 rings (SSSR count). The Morgan fingerprint density at radius 2 is 1.13 bits per heavy atom. The lowest BCUT2D eigenvalue weighted by Gasteiger charge is -2.26. The number of ketones is 3. The normalized spacial score (nSPS) is 9.50. The van der Waals surface area contributed by atoms with Gasteiger partial charge in [0.1, 0.15) is 11.6 Å². The number of hydrogen-bond acceptors (Lipinski definition) is 4. The van der Waals surface area contributed by atoms with Crippen LogP contribution in [0.3, 0.4) is 0 Å². The Kier molecular flexibility index (Phi) is 16.0. The van der Waals surface area contributed by atoms with Crippen molar-refractivity contribution in [2.24, 2.45) is 5.41 Å². The number of carbonyl (C=O) groups is 3. The van der Waals surface area contributed by atoms with E-state index in [0.717, 1.165) is 18.2 Å². The number of aliphatic hydroxyl groups is 1. The fraction of sp³-hybridized carbons (Fsp3) is 0.423. The molecular formula is C26H38O4. The third kappa shape index (κ3) is 8.03. The monoisotopic (exact) mass is 414 g/mol. The first-order chi connectivity index (χ1) is 14.4. The Hall–Kier alpha value is -2.59. The lowest BCUT2D eigenvalue weighted by atomic mass is 9.73. The molecule has 4 heteroatoms. The van der Waals surface area contributed by atoms with E-state index in [0.29, 0.717) is 12.0 Å². The minimum Gasteiger partial charge on any atom is -0.400 e. The molecule has 0 heterocycles. The van der Waals surface area contributed by atoms with Gasteiger partial charge in [-0.1, -0.05) is 89.2 Å². The van der Waals surface area contributed by atoms with Gasteiger partial charge < -0.3 is 5.11 Å². The SMILES string of the molecule is CC.CC.CCC(CC(=O)c1ccc(-c2ccccc2)cc1)(C(C)=O)C(C)=O.CO. The summed E-state index contributed by atoms with van der Waals surface area (Å²) in [5.41, 5.74) is 1.42. The van der Waals surface area contributed by atoms with Crippen LogP contribution in [-0.2, 0) is 9.59 Å². The minimum absolute atomic E-state index is 0.0706. The van der Waals surface area contributed by atoms with Crippen molar-refractivity contribution in [2.45, 2.75) is 61.3 Å². The molecule has 0 aliphatic heterocycles. The van der Waals surface area contributed by atoms with Crippen LogP contribution >= 0.6 is 0 Å². The third-order valence-electron chi connectivity index (χ3n) is 4.73. The number of rotatable bonds is 7. The van der Waals surface area contributed by atoms with Crippen molar-refractivity contribution in [3.63, 3.8) is 0 Å². The van der Waals surface area contributed by atoms with Crippen LogP contribution in [0.4, 0.5) is 0 Å². The highest BCUT2D eigenvalue weighted by Gasteiger charge is 2.40. The van der Waals surface area contributed by atoms with E-state index >= 15 is 0 Å². The first-order valence-electron chi connectivity index (χ1n) is 10.6. The second-order valence-corrected chi connectivity index (χ2v) is 6.09. The van der Waals surface area contributed by atoms with Crippen LogP contribution in [0.25, 0.3) is 11.1 Å². The van der Waals surface area contributed by atoms with E-state index in [4.69, 9.17) is 5.11 Å². The van der Waals surface area contributed by atoms with Crippen molar-refractivity contribution in [1.82, 2.24) is 0 Å². The van der Waals surface area contributed by atoms with Crippen LogP contribution in [0.5, 0.6) is 0 Å². The number of aliphatic hydroxyl groups excluding tert-OH is 1. The minimum atomic E-state index is -1.20. The predicted octanol–water partition coefficient (Wildman–Crippen LogP) is 6.16. The number of carbonyl (C=O) groups excluding carboxylic acids is 3. The summed E-state index contributed by atoms with van der Waals surface area (Å²) in [7, 11) is 1.00. The molecule has 0 atom stereocenters. The molecule has 30 heavy (non-hydrogen) atoms. The Balaban J connectivity index is 0. The number of hydrogen-bond donors (Lipinski definition) is 1. The van der Waals surface area contributed by atoms with Crippen molar-refractivity contribution in [3.8, 4) is 11.1 Å². The maximum atomic E-state index is 12.6. The molecule has 0 bridgehead atoms. The van der Waals surface area contributed by atoms with Gasteiger partial charge in [0, 0.05) is 19.1 Å². The molecule has 0 aliphatic rings. The highest BCUT2D eigenvalue weighted by molar-refractivity contribution is 6.10. The average molecular weight is 415 g/mol. The molecule has 1 N–H and O–H groups in total. The van der Waals surface area contributed by atoms with E-state index in [2.05, 4.69) is 0 Å². The predicted molar refractivity (Wildman–Crippen MR) is 126 cm³/mol. The molecule has 4 nitrogen and oxygen atoms in total. The van der Waals surface area contributed by atoms with Crippen LogP contribution in [0.15, 0.2) is 54.6 Å². The van der Waals surface area contributed by atoms with E-state index in [1.54, 1.807) is 19.1 Å². The van der Waals surface area contributed by atoms with Crippen LogP contribution in [0.2, 0.25) is 0 Å². The Labute approximate surface area is 182 Å². The average Bonchev–Trinajstić information content (AvgIpc) is 2.81. The first kappa shape index (κ1) is 29.6. The zero-order chi connectivity index (χ0) is 23.7. The summed E-state index contributed by atoms with van der Waals surface area (Å²) in [6.07, 6.45) is 0.268. The largest absolute Gasteiger partial charge is 0.400 e. The van der Waals surface area contributed by atoms with Gasteiger partial charge in [-0.05, 0) is 31.4 Å². The maximum absolute atomic E-state index is 12.6. The lowest BCUT2D eigenvalue weighted by molar-refractivity contribution is -0.138. The van der Waals surface area contributed by atoms with Crippen molar-refractivity contribution in [1.29, 1.82) is 0 Å². The summed E-state index contributed by atoms with van der Waals surface area (Å²) in [5.74, 6) is -0.666. The van der Waals surface area contributed by atoms with Gasteiger partial charge in [-0.15, -0.1) is 0 Å². The Bertz CT molecular complexity index is 732. The summed E-state index contributed by atoms with van der Waals surface area (Å²) in [4.78, 5) is 36.5. The van der Waals surface area contributed by atoms with Crippen LogP contribution in [0, 0.1) is 5.41 Å². The van der Waals surface area contributed by atoms with E-state index in [-0.39, 0.29) is 23.8 Å². The fourth-order valence-electron chi connectivity index (χ4n) is 2.98. The summed E-state index contributed by atoms with van der Waals surface area (Å²) in [6.45, 7) is 12.5. The molecule has 0 aliphatic carbocycles. The van der Waals surface area contributed by atoms with Crippen molar-refractivity contribution < 1.29 is 19.5 Å². The Morgan fingerprint density at radius 3 is 1.50 bits per heavy atom. The second-order valence-electron chi connectivity index (χ2n) is 6.09. The van der Waals surface area contributed by atoms with Crippen LogP contribution in [0.1, 0.15) is 71.7 Å². The topological polar surface area (TPSA) is 71.4 Å². The molecule has 0 amide bonds. The summed E-state index contributed by atoms with van der Waals surface area (Å²) < 4.78 is 0. The third-order valence-corrected chi connectivity index (χ3v) is 4.73. The first-order valence-corrected chi connectivity index (χ1v) is 10.6. The number of benzene rings is 2. The molecule has 2 aromatic carbocycles. The highest BCUT2D eigenvalue weighted by Crippen LogP contribution is 2.31. The molecule has 2 aromatic rings. The summed E-state index contributed by atoms with van der Waals surface area (Å²) >= 11 is 0.